The van der Waals surface area contributed by atoms with E-state index in [1.54, 1.807) is 6.92 Å². The van der Waals surface area contributed by atoms with Crippen molar-refractivity contribution in [1.29, 1.82) is 0 Å². The maximum atomic E-state index is 9.20. The van der Waals surface area contributed by atoms with Gasteiger partial charge in [-0.05, 0) is 31.5 Å². The zero-order chi connectivity index (χ0) is 8.97. The first kappa shape index (κ1) is 9.07. The van der Waals surface area contributed by atoms with Crippen LogP contribution in [0.3, 0.4) is 0 Å². The third-order valence-corrected chi connectivity index (χ3v) is 1.67. The van der Waals surface area contributed by atoms with Gasteiger partial charge in [-0.2, -0.15) is 0 Å². The zero-order valence-corrected chi connectivity index (χ0v) is 7.45. The molecular formula is C10H14O2. The highest BCUT2D eigenvalue weighted by atomic mass is 16.5. The van der Waals surface area contributed by atoms with E-state index in [0.717, 1.165) is 11.3 Å². The van der Waals surface area contributed by atoms with Gasteiger partial charge in [0.25, 0.3) is 0 Å². The lowest BCUT2D eigenvalue weighted by molar-refractivity contribution is 0.199. The van der Waals surface area contributed by atoms with E-state index in [4.69, 9.17) is 4.74 Å². The first-order valence-electron chi connectivity index (χ1n) is 4.15. The predicted octanol–water partition coefficient (Wildman–Crippen LogP) is 2.14. The molecule has 1 aromatic rings. The summed E-state index contributed by atoms with van der Waals surface area (Å²) in [6, 6.07) is 7.47. The molecule has 0 saturated carbocycles. The number of benzene rings is 1. The smallest absolute Gasteiger partial charge is 0.119 e. The number of hydrogen-bond acceptors (Lipinski definition) is 2. The van der Waals surface area contributed by atoms with E-state index in [-0.39, 0.29) is 0 Å². The second kappa shape index (κ2) is 4.12. The van der Waals surface area contributed by atoms with Gasteiger partial charge in [0.05, 0.1) is 12.7 Å². The van der Waals surface area contributed by atoms with Gasteiger partial charge < -0.3 is 9.84 Å². The van der Waals surface area contributed by atoms with Crippen LogP contribution in [-0.2, 0) is 0 Å². The Kier molecular flexibility index (Phi) is 3.11. The molecule has 1 rings (SSSR count). The van der Waals surface area contributed by atoms with Crippen molar-refractivity contribution in [2.24, 2.45) is 0 Å². The fraction of sp³-hybridized carbons (Fsp3) is 0.400. The van der Waals surface area contributed by atoms with Gasteiger partial charge in [0.1, 0.15) is 5.75 Å². The molecule has 0 fully saturated rings. The normalized spacial score (nSPS) is 12.6. The van der Waals surface area contributed by atoms with Crippen molar-refractivity contribution in [1.82, 2.24) is 0 Å². The second-order valence-electron chi connectivity index (χ2n) is 2.68. The van der Waals surface area contributed by atoms with Gasteiger partial charge in [-0.3, -0.25) is 0 Å². The van der Waals surface area contributed by atoms with Crippen LogP contribution in [0.4, 0.5) is 0 Å². The van der Waals surface area contributed by atoms with Crippen molar-refractivity contribution in [3.05, 3.63) is 29.8 Å². The Morgan fingerprint density at radius 1 is 1.33 bits per heavy atom. The highest BCUT2D eigenvalue weighted by Crippen LogP contribution is 2.16. The molecule has 0 aliphatic rings. The summed E-state index contributed by atoms with van der Waals surface area (Å²) in [5.74, 6) is 0.849. The van der Waals surface area contributed by atoms with E-state index in [2.05, 4.69) is 0 Å². The lowest BCUT2D eigenvalue weighted by Crippen LogP contribution is -1.93. The minimum atomic E-state index is -0.402. The highest BCUT2D eigenvalue weighted by molar-refractivity contribution is 5.28. The van der Waals surface area contributed by atoms with Crippen molar-refractivity contribution in [3.63, 3.8) is 0 Å². The van der Waals surface area contributed by atoms with Crippen molar-refractivity contribution >= 4 is 0 Å². The van der Waals surface area contributed by atoms with Crippen molar-refractivity contribution < 1.29 is 9.84 Å². The van der Waals surface area contributed by atoms with Crippen LogP contribution in [0.5, 0.6) is 5.75 Å². The van der Waals surface area contributed by atoms with Crippen LogP contribution in [-0.4, -0.2) is 11.7 Å². The molecule has 12 heavy (non-hydrogen) atoms. The Bertz CT molecular complexity index is 226. The molecule has 0 radical (unpaired) electrons. The average molecular weight is 166 g/mol. The Labute approximate surface area is 72.8 Å². The zero-order valence-electron chi connectivity index (χ0n) is 7.45. The van der Waals surface area contributed by atoms with Crippen LogP contribution in [0.25, 0.3) is 0 Å². The lowest BCUT2D eigenvalue weighted by atomic mass is 10.1. The van der Waals surface area contributed by atoms with E-state index in [1.807, 2.05) is 31.2 Å². The van der Waals surface area contributed by atoms with Gasteiger partial charge in [-0.15, -0.1) is 0 Å². The standard InChI is InChI=1S/C10H14O2/c1-3-12-10-6-4-9(5-7-10)8(2)11/h4-8,11H,3H2,1-2H3. The van der Waals surface area contributed by atoms with Crippen molar-refractivity contribution in [3.8, 4) is 5.75 Å². The molecule has 1 atom stereocenters. The summed E-state index contributed by atoms with van der Waals surface area (Å²) in [6.45, 7) is 4.37. The molecule has 0 bridgehead atoms. The lowest BCUT2D eigenvalue weighted by Gasteiger charge is -2.06. The number of hydrogen-bond donors (Lipinski definition) is 1. The number of rotatable bonds is 3. The number of aliphatic hydroxyl groups is 1. The SMILES string of the molecule is CCOc1ccc(C(C)O)cc1. The van der Waals surface area contributed by atoms with E-state index in [1.165, 1.54) is 0 Å². The Morgan fingerprint density at radius 3 is 2.33 bits per heavy atom. The molecule has 1 aromatic carbocycles. The summed E-state index contributed by atoms with van der Waals surface area (Å²) in [4.78, 5) is 0. The molecule has 0 aliphatic carbocycles. The molecule has 0 heterocycles. The van der Waals surface area contributed by atoms with Crippen LogP contribution in [0.1, 0.15) is 25.5 Å². The van der Waals surface area contributed by atoms with E-state index in [9.17, 15) is 5.11 Å². The third kappa shape index (κ3) is 2.24. The largest absolute Gasteiger partial charge is 0.494 e. The van der Waals surface area contributed by atoms with Gasteiger partial charge >= 0.3 is 0 Å². The fourth-order valence-electron chi connectivity index (χ4n) is 1.01. The van der Waals surface area contributed by atoms with Gasteiger partial charge in [-0.1, -0.05) is 12.1 Å². The van der Waals surface area contributed by atoms with Crippen molar-refractivity contribution in [2.75, 3.05) is 6.61 Å². The van der Waals surface area contributed by atoms with Crippen LogP contribution in [0.2, 0.25) is 0 Å². The molecule has 2 nitrogen and oxygen atoms in total. The van der Waals surface area contributed by atoms with Gasteiger partial charge in [0, 0.05) is 0 Å². The minimum absolute atomic E-state index is 0.402. The monoisotopic (exact) mass is 166 g/mol. The van der Waals surface area contributed by atoms with Crippen molar-refractivity contribution in [2.45, 2.75) is 20.0 Å². The Morgan fingerprint density at radius 2 is 1.92 bits per heavy atom. The van der Waals surface area contributed by atoms with Crippen LogP contribution in [0, 0.1) is 0 Å². The summed E-state index contributed by atoms with van der Waals surface area (Å²) in [7, 11) is 0. The first-order valence-corrected chi connectivity index (χ1v) is 4.15. The molecule has 0 spiro atoms. The fourth-order valence-corrected chi connectivity index (χ4v) is 1.01. The van der Waals surface area contributed by atoms with Crippen LogP contribution >= 0.6 is 0 Å². The average Bonchev–Trinajstić information content (AvgIpc) is 2.06. The number of aliphatic hydroxyl groups excluding tert-OH is 1. The summed E-state index contributed by atoms with van der Waals surface area (Å²) in [6.07, 6.45) is -0.402. The summed E-state index contributed by atoms with van der Waals surface area (Å²) >= 11 is 0. The number of ether oxygens (including phenoxy) is 1. The highest BCUT2D eigenvalue weighted by Gasteiger charge is 1.99. The van der Waals surface area contributed by atoms with Gasteiger partial charge in [0.15, 0.2) is 0 Å². The summed E-state index contributed by atoms with van der Waals surface area (Å²) in [5.41, 5.74) is 0.915. The molecule has 66 valence electrons. The molecule has 2 heteroatoms. The van der Waals surface area contributed by atoms with Gasteiger partial charge in [-0.25, -0.2) is 0 Å². The summed E-state index contributed by atoms with van der Waals surface area (Å²) in [5, 5.41) is 9.20. The topological polar surface area (TPSA) is 29.5 Å². The Hall–Kier alpha value is -1.02. The molecule has 0 amide bonds. The second-order valence-corrected chi connectivity index (χ2v) is 2.68. The minimum Gasteiger partial charge on any atom is -0.494 e. The molecule has 1 unspecified atom stereocenters. The van der Waals surface area contributed by atoms with E-state index < -0.39 is 6.10 Å². The third-order valence-electron chi connectivity index (χ3n) is 1.67. The quantitative estimate of drug-likeness (QED) is 0.745. The maximum Gasteiger partial charge on any atom is 0.119 e. The molecule has 1 N–H and O–H groups in total. The summed E-state index contributed by atoms with van der Waals surface area (Å²) < 4.78 is 5.26. The van der Waals surface area contributed by atoms with Crippen LogP contribution in [0.15, 0.2) is 24.3 Å². The maximum absolute atomic E-state index is 9.20. The molecule has 0 aliphatic heterocycles. The first-order chi connectivity index (χ1) is 5.74. The van der Waals surface area contributed by atoms with Crippen LogP contribution < -0.4 is 4.74 Å². The van der Waals surface area contributed by atoms with Gasteiger partial charge in [0.2, 0.25) is 0 Å². The Balaban J connectivity index is 2.71. The molecular weight excluding hydrogens is 152 g/mol. The molecule has 0 aromatic heterocycles. The van der Waals surface area contributed by atoms with E-state index >= 15 is 0 Å². The molecule has 0 saturated heterocycles. The van der Waals surface area contributed by atoms with E-state index in [0.29, 0.717) is 6.61 Å². The predicted molar refractivity (Wildman–Crippen MR) is 48.2 cm³/mol.